The van der Waals surface area contributed by atoms with Crippen molar-refractivity contribution < 1.29 is 4.79 Å². The zero-order chi connectivity index (χ0) is 15.7. The van der Waals surface area contributed by atoms with Crippen LogP contribution in [0, 0.1) is 12.8 Å². The number of nitrogens with zero attached hydrogens (tertiary/aromatic N) is 3. The molecule has 1 aromatic heterocycles. The normalized spacial score (nSPS) is 25.5. The van der Waals surface area contributed by atoms with Crippen LogP contribution in [0.5, 0.6) is 0 Å². The Kier molecular flexibility index (Phi) is 4.52. The lowest BCUT2D eigenvalue weighted by Gasteiger charge is -2.35. The molecule has 1 aromatic rings. The molecule has 5 nitrogen and oxygen atoms in total. The van der Waals surface area contributed by atoms with Gasteiger partial charge in [-0.15, -0.1) is 0 Å². The highest BCUT2D eigenvalue weighted by atomic mass is 16.2. The SMILES string of the molecule is CCCN1C[C@H]2CC[C@@H]1CN(C(=O)c1n[nH]c(CC)c1C)C2. The molecule has 3 aliphatic heterocycles. The predicted octanol–water partition coefficient (Wildman–Crippen LogP) is 2.23. The van der Waals surface area contributed by atoms with E-state index in [4.69, 9.17) is 0 Å². The number of amides is 1. The van der Waals surface area contributed by atoms with E-state index in [9.17, 15) is 4.79 Å². The number of hydrogen-bond acceptors (Lipinski definition) is 3. The van der Waals surface area contributed by atoms with Crippen molar-refractivity contribution in [3.05, 3.63) is 17.0 Å². The van der Waals surface area contributed by atoms with Crippen LogP contribution in [0.4, 0.5) is 0 Å². The first kappa shape index (κ1) is 15.5. The smallest absolute Gasteiger partial charge is 0.274 e. The molecule has 122 valence electrons. The Morgan fingerprint density at radius 1 is 1.27 bits per heavy atom. The third-order valence-electron chi connectivity index (χ3n) is 5.29. The van der Waals surface area contributed by atoms with Gasteiger partial charge in [0.1, 0.15) is 0 Å². The quantitative estimate of drug-likeness (QED) is 0.928. The van der Waals surface area contributed by atoms with Gasteiger partial charge in [0.05, 0.1) is 0 Å². The van der Waals surface area contributed by atoms with Crippen LogP contribution in [0.1, 0.15) is 54.9 Å². The molecule has 1 N–H and O–H groups in total. The predicted molar refractivity (Wildman–Crippen MR) is 87.0 cm³/mol. The monoisotopic (exact) mass is 304 g/mol. The Bertz CT molecular complexity index is 539. The van der Waals surface area contributed by atoms with Gasteiger partial charge in [0.25, 0.3) is 5.91 Å². The molecular formula is C17H28N4O. The van der Waals surface area contributed by atoms with E-state index < -0.39 is 0 Å². The maximum Gasteiger partial charge on any atom is 0.274 e. The zero-order valence-electron chi connectivity index (χ0n) is 14.1. The third-order valence-corrected chi connectivity index (χ3v) is 5.29. The van der Waals surface area contributed by atoms with Crippen LogP contribution in [-0.4, -0.2) is 58.1 Å². The van der Waals surface area contributed by atoms with Gasteiger partial charge in [-0.25, -0.2) is 0 Å². The summed E-state index contributed by atoms with van der Waals surface area (Å²) in [6, 6.07) is 0.535. The van der Waals surface area contributed by atoms with Crippen molar-refractivity contribution in [3.8, 4) is 0 Å². The lowest BCUT2D eigenvalue weighted by Crippen LogP contribution is -2.44. The molecule has 4 heterocycles. The number of aromatic amines is 1. The molecule has 3 aliphatic rings. The molecule has 5 heteroatoms. The second-order valence-corrected chi connectivity index (χ2v) is 6.83. The van der Waals surface area contributed by atoms with Gasteiger partial charge >= 0.3 is 0 Å². The summed E-state index contributed by atoms with van der Waals surface area (Å²) in [7, 11) is 0. The highest BCUT2D eigenvalue weighted by Crippen LogP contribution is 2.29. The van der Waals surface area contributed by atoms with E-state index in [2.05, 4.69) is 33.8 Å². The molecule has 0 unspecified atom stereocenters. The molecule has 22 heavy (non-hydrogen) atoms. The van der Waals surface area contributed by atoms with Gasteiger partial charge in [0.2, 0.25) is 0 Å². The summed E-state index contributed by atoms with van der Waals surface area (Å²) in [6.45, 7) is 10.4. The number of hydrogen-bond donors (Lipinski definition) is 1. The first-order valence-corrected chi connectivity index (χ1v) is 8.71. The molecular weight excluding hydrogens is 276 g/mol. The highest BCUT2D eigenvalue weighted by molar-refractivity contribution is 5.94. The van der Waals surface area contributed by atoms with Crippen molar-refractivity contribution in [2.45, 2.75) is 52.5 Å². The van der Waals surface area contributed by atoms with E-state index in [1.807, 2.05) is 6.92 Å². The average molecular weight is 304 g/mol. The number of carbonyl (C=O) groups excluding carboxylic acids is 1. The van der Waals surface area contributed by atoms with Crippen LogP contribution in [-0.2, 0) is 6.42 Å². The molecule has 0 radical (unpaired) electrons. The summed E-state index contributed by atoms with van der Waals surface area (Å²) in [4.78, 5) is 17.6. The largest absolute Gasteiger partial charge is 0.335 e. The van der Waals surface area contributed by atoms with Crippen LogP contribution in [0.25, 0.3) is 0 Å². The van der Waals surface area contributed by atoms with E-state index in [-0.39, 0.29) is 5.91 Å². The molecule has 0 spiro atoms. The minimum absolute atomic E-state index is 0.115. The molecule has 4 rings (SSSR count). The molecule has 3 fully saturated rings. The lowest BCUT2D eigenvalue weighted by molar-refractivity contribution is 0.0731. The number of nitrogens with one attached hydrogen (secondary N) is 1. The number of fused-ring (bicyclic) bond motifs is 4. The zero-order valence-corrected chi connectivity index (χ0v) is 14.1. The number of rotatable bonds is 4. The lowest BCUT2D eigenvalue weighted by atomic mass is 9.95. The number of carbonyl (C=O) groups is 1. The van der Waals surface area contributed by atoms with E-state index in [0.29, 0.717) is 17.7 Å². The van der Waals surface area contributed by atoms with Crippen molar-refractivity contribution >= 4 is 5.91 Å². The van der Waals surface area contributed by atoms with E-state index in [1.54, 1.807) is 0 Å². The summed E-state index contributed by atoms with van der Waals surface area (Å²) in [5, 5.41) is 7.31. The van der Waals surface area contributed by atoms with Crippen molar-refractivity contribution in [1.82, 2.24) is 20.0 Å². The van der Waals surface area contributed by atoms with Crippen LogP contribution >= 0.6 is 0 Å². The van der Waals surface area contributed by atoms with Crippen LogP contribution in [0.3, 0.4) is 0 Å². The van der Waals surface area contributed by atoms with Gasteiger partial charge in [-0.05, 0) is 45.1 Å². The maximum atomic E-state index is 12.9. The summed E-state index contributed by atoms with van der Waals surface area (Å²) in [5.41, 5.74) is 2.73. The number of aromatic nitrogens is 2. The Hall–Kier alpha value is -1.36. The van der Waals surface area contributed by atoms with Gasteiger partial charge < -0.3 is 4.90 Å². The first-order chi connectivity index (χ1) is 10.6. The fourth-order valence-electron chi connectivity index (χ4n) is 4.04. The number of H-pyrrole nitrogens is 1. The van der Waals surface area contributed by atoms with Gasteiger partial charge in [-0.1, -0.05) is 13.8 Å². The molecule has 0 aromatic carbocycles. The van der Waals surface area contributed by atoms with Gasteiger partial charge in [-0.3, -0.25) is 14.8 Å². The summed E-state index contributed by atoms with van der Waals surface area (Å²) in [5.74, 6) is 0.739. The van der Waals surface area contributed by atoms with E-state index >= 15 is 0 Å². The van der Waals surface area contributed by atoms with E-state index in [1.165, 1.54) is 19.3 Å². The number of piperidine rings is 1. The Balaban J connectivity index is 1.77. The van der Waals surface area contributed by atoms with Crippen LogP contribution < -0.4 is 0 Å². The molecule has 0 saturated carbocycles. The average Bonchev–Trinajstić information content (AvgIpc) is 2.69. The molecule has 0 aliphatic carbocycles. The standard InChI is InChI=1S/C17H28N4O/c1-4-8-20-9-13-6-7-14(20)11-21(10-13)17(22)16-12(3)15(5-2)18-19-16/h13-14H,4-11H2,1-3H3,(H,18,19)/t13-,14-/m1/s1. The Morgan fingerprint density at radius 3 is 2.77 bits per heavy atom. The van der Waals surface area contributed by atoms with Gasteiger partial charge in [0.15, 0.2) is 5.69 Å². The van der Waals surface area contributed by atoms with Crippen molar-refractivity contribution in [2.75, 3.05) is 26.2 Å². The van der Waals surface area contributed by atoms with Crippen molar-refractivity contribution in [1.29, 1.82) is 0 Å². The second kappa shape index (κ2) is 6.41. The first-order valence-electron chi connectivity index (χ1n) is 8.71. The summed E-state index contributed by atoms with van der Waals surface area (Å²) >= 11 is 0. The summed E-state index contributed by atoms with van der Waals surface area (Å²) in [6.07, 6.45) is 4.57. The minimum atomic E-state index is 0.115. The minimum Gasteiger partial charge on any atom is -0.335 e. The maximum absolute atomic E-state index is 12.9. The summed E-state index contributed by atoms with van der Waals surface area (Å²) < 4.78 is 0. The van der Waals surface area contributed by atoms with Crippen LogP contribution in [0.15, 0.2) is 0 Å². The topological polar surface area (TPSA) is 52.2 Å². The Morgan fingerprint density at radius 2 is 2.09 bits per heavy atom. The molecule has 1 amide bonds. The fourth-order valence-corrected chi connectivity index (χ4v) is 4.04. The van der Waals surface area contributed by atoms with Gasteiger partial charge in [-0.2, -0.15) is 5.10 Å². The van der Waals surface area contributed by atoms with Crippen molar-refractivity contribution in [2.24, 2.45) is 5.92 Å². The van der Waals surface area contributed by atoms with Crippen molar-refractivity contribution in [3.63, 3.8) is 0 Å². The molecule has 3 saturated heterocycles. The van der Waals surface area contributed by atoms with Crippen LogP contribution in [0.2, 0.25) is 0 Å². The Labute approximate surface area is 133 Å². The molecule has 2 atom stereocenters. The second-order valence-electron chi connectivity index (χ2n) is 6.83. The third kappa shape index (κ3) is 2.78. The van der Waals surface area contributed by atoms with E-state index in [0.717, 1.165) is 43.9 Å². The number of aryl methyl sites for hydroxylation is 1. The molecule has 2 bridgehead atoms. The van der Waals surface area contributed by atoms with Gasteiger partial charge in [0, 0.05) is 36.9 Å². The fraction of sp³-hybridized carbons (Fsp3) is 0.765. The highest BCUT2D eigenvalue weighted by Gasteiger charge is 2.37.